The number of nitrogens with zero attached hydrogens (tertiary/aromatic N) is 3. The molecule has 0 radical (unpaired) electrons. The van der Waals surface area contributed by atoms with Crippen molar-refractivity contribution in [3.05, 3.63) is 0 Å². The molecule has 0 saturated carbocycles. The molecular formula is C12H23N5O2. The number of aromatic nitrogens is 3. The van der Waals surface area contributed by atoms with E-state index in [9.17, 15) is 0 Å². The van der Waals surface area contributed by atoms with Gasteiger partial charge in [0.25, 0.3) is 0 Å². The Morgan fingerprint density at radius 2 is 1.74 bits per heavy atom. The first kappa shape index (κ1) is 15.4. The maximum Gasteiger partial charge on any atom is 0.323 e. The number of hydrogen-bond acceptors (Lipinski definition) is 7. The lowest BCUT2D eigenvalue weighted by Crippen LogP contribution is -2.12. The maximum atomic E-state index is 5.44. The summed E-state index contributed by atoms with van der Waals surface area (Å²) in [5.74, 6) is 1.05. The van der Waals surface area contributed by atoms with E-state index in [1.54, 1.807) is 7.11 Å². The minimum atomic E-state index is 0.349. The first-order valence-electron chi connectivity index (χ1n) is 6.65. The van der Waals surface area contributed by atoms with Crippen molar-refractivity contribution in [1.82, 2.24) is 15.0 Å². The fourth-order valence-electron chi connectivity index (χ4n) is 1.35. The topological polar surface area (TPSA) is 81.2 Å². The van der Waals surface area contributed by atoms with Crippen molar-refractivity contribution >= 4 is 11.9 Å². The van der Waals surface area contributed by atoms with Crippen molar-refractivity contribution < 1.29 is 9.47 Å². The van der Waals surface area contributed by atoms with E-state index in [1.165, 1.54) is 0 Å². The van der Waals surface area contributed by atoms with Gasteiger partial charge in [0.05, 0.1) is 6.61 Å². The van der Waals surface area contributed by atoms with Gasteiger partial charge in [-0.25, -0.2) is 0 Å². The van der Waals surface area contributed by atoms with Gasteiger partial charge < -0.3 is 20.1 Å². The predicted molar refractivity (Wildman–Crippen MR) is 74.8 cm³/mol. The lowest BCUT2D eigenvalue weighted by atomic mass is 10.4. The van der Waals surface area contributed by atoms with Crippen molar-refractivity contribution in [3.8, 4) is 6.01 Å². The lowest BCUT2D eigenvalue weighted by Gasteiger charge is -2.09. The molecular weight excluding hydrogens is 246 g/mol. The Morgan fingerprint density at radius 3 is 2.37 bits per heavy atom. The fourth-order valence-corrected chi connectivity index (χ4v) is 1.35. The van der Waals surface area contributed by atoms with Crippen LogP contribution in [0.25, 0.3) is 0 Å². The van der Waals surface area contributed by atoms with Gasteiger partial charge in [0.2, 0.25) is 11.9 Å². The highest BCUT2D eigenvalue weighted by atomic mass is 16.5. The average Bonchev–Trinajstić information content (AvgIpc) is 2.42. The number of rotatable bonds is 10. The largest absolute Gasteiger partial charge is 0.463 e. The molecule has 0 amide bonds. The molecule has 1 heterocycles. The minimum Gasteiger partial charge on any atom is -0.463 e. The van der Waals surface area contributed by atoms with Crippen LogP contribution in [0, 0.1) is 0 Å². The van der Waals surface area contributed by atoms with E-state index in [1.807, 2.05) is 13.8 Å². The summed E-state index contributed by atoms with van der Waals surface area (Å²) < 4.78 is 10.4. The summed E-state index contributed by atoms with van der Waals surface area (Å²) >= 11 is 0. The summed E-state index contributed by atoms with van der Waals surface area (Å²) in [6.45, 7) is 6.82. The fraction of sp³-hybridized carbons (Fsp3) is 0.750. The number of ether oxygens (including phenoxy) is 2. The van der Waals surface area contributed by atoms with Crippen LogP contribution in [0.1, 0.15) is 26.7 Å². The molecule has 0 spiro atoms. The number of anilines is 2. The third-order valence-corrected chi connectivity index (χ3v) is 2.19. The van der Waals surface area contributed by atoms with Crippen molar-refractivity contribution in [3.63, 3.8) is 0 Å². The molecule has 0 atom stereocenters. The van der Waals surface area contributed by atoms with Gasteiger partial charge in [0.15, 0.2) is 0 Å². The van der Waals surface area contributed by atoms with Crippen molar-refractivity contribution in [2.24, 2.45) is 0 Å². The summed E-state index contributed by atoms with van der Waals surface area (Å²) in [7, 11) is 1.68. The van der Waals surface area contributed by atoms with Gasteiger partial charge in [-0.2, -0.15) is 15.0 Å². The molecule has 2 N–H and O–H groups in total. The highest BCUT2D eigenvalue weighted by Gasteiger charge is 2.06. The molecule has 108 valence electrons. The molecule has 0 saturated heterocycles. The smallest absolute Gasteiger partial charge is 0.323 e. The SMILES string of the molecule is CCCOc1nc(NCC)nc(NCCCOC)n1. The molecule has 0 aliphatic rings. The molecule has 0 aromatic carbocycles. The molecule has 0 bridgehead atoms. The molecule has 7 nitrogen and oxygen atoms in total. The van der Waals surface area contributed by atoms with Crippen LogP contribution >= 0.6 is 0 Å². The van der Waals surface area contributed by atoms with E-state index < -0.39 is 0 Å². The van der Waals surface area contributed by atoms with E-state index in [4.69, 9.17) is 9.47 Å². The predicted octanol–water partition coefficient (Wildman–Crippen LogP) is 1.54. The summed E-state index contributed by atoms with van der Waals surface area (Å²) in [5.41, 5.74) is 0. The van der Waals surface area contributed by atoms with Crippen LogP contribution in [0.5, 0.6) is 6.01 Å². The second-order valence-electron chi connectivity index (χ2n) is 3.92. The quantitative estimate of drug-likeness (QED) is 0.623. The Labute approximate surface area is 114 Å². The van der Waals surface area contributed by atoms with Gasteiger partial charge in [-0.1, -0.05) is 6.92 Å². The molecule has 1 aromatic rings. The number of methoxy groups -OCH3 is 1. The van der Waals surface area contributed by atoms with Gasteiger partial charge in [0, 0.05) is 26.8 Å². The Morgan fingerprint density at radius 1 is 1.00 bits per heavy atom. The summed E-state index contributed by atoms with van der Waals surface area (Å²) in [5, 5.41) is 6.19. The van der Waals surface area contributed by atoms with E-state index >= 15 is 0 Å². The molecule has 0 aliphatic carbocycles. The van der Waals surface area contributed by atoms with Crippen LogP contribution in [0.3, 0.4) is 0 Å². The second-order valence-corrected chi connectivity index (χ2v) is 3.92. The zero-order chi connectivity index (χ0) is 13.9. The van der Waals surface area contributed by atoms with Gasteiger partial charge in [-0.15, -0.1) is 0 Å². The molecule has 0 unspecified atom stereocenters. The van der Waals surface area contributed by atoms with E-state index in [0.717, 1.165) is 25.9 Å². The van der Waals surface area contributed by atoms with Crippen LogP contribution in [0.15, 0.2) is 0 Å². The zero-order valence-corrected chi connectivity index (χ0v) is 11.9. The Hall–Kier alpha value is -1.63. The van der Waals surface area contributed by atoms with Crippen LogP contribution in [-0.2, 0) is 4.74 Å². The highest BCUT2D eigenvalue weighted by molar-refractivity contribution is 5.35. The Balaban J connectivity index is 2.63. The van der Waals surface area contributed by atoms with Gasteiger partial charge in [0.1, 0.15) is 0 Å². The van der Waals surface area contributed by atoms with E-state index in [-0.39, 0.29) is 0 Å². The number of nitrogens with one attached hydrogen (secondary N) is 2. The second kappa shape index (κ2) is 9.32. The van der Waals surface area contributed by atoms with Crippen LogP contribution in [-0.4, -0.2) is 48.4 Å². The van der Waals surface area contributed by atoms with E-state index in [2.05, 4.69) is 25.6 Å². The van der Waals surface area contributed by atoms with Gasteiger partial charge in [-0.3, -0.25) is 0 Å². The number of hydrogen-bond donors (Lipinski definition) is 2. The highest BCUT2D eigenvalue weighted by Crippen LogP contribution is 2.11. The normalized spacial score (nSPS) is 10.3. The molecule has 0 aliphatic heterocycles. The van der Waals surface area contributed by atoms with Crippen LogP contribution < -0.4 is 15.4 Å². The van der Waals surface area contributed by atoms with Crippen molar-refractivity contribution in [1.29, 1.82) is 0 Å². The summed E-state index contributed by atoms with van der Waals surface area (Å²) in [6, 6.07) is 0.349. The lowest BCUT2D eigenvalue weighted by molar-refractivity contribution is 0.197. The molecule has 1 aromatic heterocycles. The molecule has 0 fully saturated rings. The average molecular weight is 269 g/mol. The summed E-state index contributed by atoms with van der Waals surface area (Å²) in [4.78, 5) is 12.7. The van der Waals surface area contributed by atoms with Crippen molar-refractivity contribution in [2.45, 2.75) is 26.7 Å². The third kappa shape index (κ3) is 6.19. The zero-order valence-electron chi connectivity index (χ0n) is 11.9. The van der Waals surface area contributed by atoms with E-state index in [0.29, 0.717) is 31.1 Å². The van der Waals surface area contributed by atoms with Gasteiger partial charge in [-0.05, 0) is 19.8 Å². The van der Waals surface area contributed by atoms with Crippen LogP contribution in [0.2, 0.25) is 0 Å². The standard InChI is InChI=1S/C12H23N5O2/c1-4-8-19-12-16-10(13-5-2)15-11(17-12)14-7-6-9-18-3/h4-9H2,1-3H3,(H2,13,14,15,16,17). The monoisotopic (exact) mass is 269 g/mol. The first-order chi connectivity index (χ1) is 9.30. The molecule has 1 rings (SSSR count). The Kier molecular flexibility index (Phi) is 7.57. The summed E-state index contributed by atoms with van der Waals surface area (Å²) in [6.07, 6.45) is 1.81. The van der Waals surface area contributed by atoms with Gasteiger partial charge >= 0.3 is 6.01 Å². The molecule has 19 heavy (non-hydrogen) atoms. The Bertz CT molecular complexity index is 362. The molecule has 7 heteroatoms. The van der Waals surface area contributed by atoms with Crippen LogP contribution in [0.4, 0.5) is 11.9 Å². The minimum absolute atomic E-state index is 0.349. The maximum absolute atomic E-state index is 5.44. The first-order valence-corrected chi connectivity index (χ1v) is 6.65. The third-order valence-electron chi connectivity index (χ3n) is 2.19. The van der Waals surface area contributed by atoms with Crippen molar-refractivity contribution in [2.75, 3.05) is 44.0 Å².